The molecule has 0 amide bonds. The molecule has 0 aromatic carbocycles. The quantitative estimate of drug-likeness (QED) is 0.910. The van der Waals surface area contributed by atoms with Crippen molar-refractivity contribution in [3.05, 3.63) is 17.0 Å². The predicted molar refractivity (Wildman–Crippen MR) is 70.1 cm³/mol. The van der Waals surface area contributed by atoms with E-state index in [0.29, 0.717) is 0 Å². The predicted octanol–water partition coefficient (Wildman–Crippen LogP) is 1.37. The van der Waals surface area contributed by atoms with E-state index in [4.69, 9.17) is 4.74 Å². The van der Waals surface area contributed by atoms with E-state index >= 15 is 0 Å². The van der Waals surface area contributed by atoms with Crippen molar-refractivity contribution in [3.8, 4) is 0 Å². The number of hydrogen-bond donors (Lipinski definition) is 1. The molecule has 0 bridgehead atoms. The zero-order chi connectivity index (χ0) is 12.1. The van der Waals surface area contributed by atoms with Gasteiger partial charge in [0.2, 0.25) is 0 Å². The van der Waals surface area contributed by atoms with Crippen LogP contribution in [-0.4, -0.2) is 53.8 Å². The van der Waals surface area contributed by atoms with Crippen LogP contribution in [0.25, 0.3) is 0 Å². The molecule has 94 valence electrons. The average Bonchev–Trinajstić information content (AvgIpc) is 2.38. The number of anilines is 1. The van der Waals surface area contributed by atoms with Gasteiger partial charge < -0.3 is 10.1 Å². The molecule has 0 aliphatic carbocycles. The molecule has 1 N–H and O–H groups in total. The minimum atomic E-state index is 0.227. The molecule has 1 aliphatic rings. The van der Waals surface area contributed by atoms with Crippen LogP contribution in [0.2, 0.25) is 0 Å². The second-order valence-corrected chi connectivity index (χ2v) is 4.84. The van der Waals surface area contributed by atoms with Crippen molar-refractivity contribution < 1.29 is 4.74 Å². The summed E-state index contributed by atoms with van der Waals surface area (Å²) in [5, 5.41) is 3.28. The third-order valence-corrected chi connectivity index (χ3v) is 3.42. The van der Waals surface area contributed by atoms with Crippen LogP contribution in [0.5, 0.6) is 0 Å². The lowest BCUT2D eigenvalue weighted by atomic mass is 10.2. The fraction of sp³-hybridized carbons (Fsp3) is 0.636. The summed E-state index contributed by atoms with van der Waals surface area (Å²) >= 11 is 3.41. The molecule has 0 saturated carbocycles. The number of likely N-dealkylation sites (N-methyl/N-ethyl adjacent to an activating group) is 1. The highest BCUT2D eigenvalue weighted by molar-refractivity contribution is 9.10. The number of ether oxygens (including phenoxy) is 1. The molecule has 1 aromatic rings. The summed E-state index contributed by atoms with van der Waals surface area (Å²) < 4.78 is 6.59. The Kier molecular flexibility index (Phi) is 4.70. The SMILES string of the molecule is CCN1CCOC(CNc2ncncc2Br)C1. The third-order valence-electron chi connectivity index (χ3n) is 2.83. The van der Waals surface area contributed by atoms with Crippen molar-refractivity contribution in [1.82, 2.24) is 14.9 Å². The van der Waals surface area contributed by atoms with E-state index in [1.807, 2.05) is 0 Å². The fourth-order valence-electron chi connectivity index (χ4n) is 1.84. The first kappa shape index (κ1) is 12.7. The first-order valence-corrected chi connectivity index (χ1v) is 6.62. The number of nitrogens with zero attached hydrogens (tertiary/aromatic N) is 3. The van der Waals surface area contributed by atoms with E-state index in [1.165, 1.54) is 6.33 Å². The summed E-state index contributed by atoms with van der Waals surface area (Å²) in [6.45, 7) is 6.85. The molecule has 1 fully saturated rings. The number of halogens is 1. The molecule has 1 saturated heterocycles. The van der Waals surface area contributed by atoms with Gasteiger partial charge in [-0.2, -0.15) is 0 Å². The summed E-state index contributed by atoms with van der Waals surface area (Å²) in [5.41, 5.74) is 0. The first-order valence-electron chi connectivity index (χ1n) is 5.83. The third kappa shape index (κ3) is 3.62. The van der Waals surface area contributed by atoms with Crippen LogP contribution < -0.4 is 5.32 Å². The zero-order valence-electron chi connectivity index (χ0n) is 9.90. The van der Waals surface area contributed by atoms with Crippen molar-refractivity contribution in [2.45, 2.75) is 13.0 Å². The van der Waals surface area contributed by atoms with Gasteiger partial charge in [0.25, 0.3) is 0 Å². The monoisotopic (exact) mass is 300 g/mol. The maximum absolute atomic E-state index is 5.71. The number of rotatable bonds is 4. The summed E-state index contributed by atoms with van der Waals surface area (Å²) in [5.74, 6) is 0.817. The highest BCUT2D eigenvalue weighted by Crippen LogP contribution is 2.17. The number of nitrogens with one attached hydrogen (secondary N) is 1. The Balaban J connectivity index is 1.84. The molecule has 1 unspecified atom stereocenters. The molecule has 6 heteroatoms. The van der Waals surface area contributed by atoms with Crippen molar-refractivity contribution in [3.63, 3.8) is 0 Å². The van der Waals surface area contributed by atoms with Gasteiger partial charge in [-0.25, -0.2) is 9.97 Å². The van der Waals surface area contributed by atoms with Gasteiger partial charge in [-0.1, -0.05) is 6.92 Å². The van der Waals surface area contributed by atoms with Gasteiger partial charge in [0.05, 0.1) is 17.2 Å². The van der Waals surface area contributed by atoms with Crippen molar-refractivity contribution >= 4 is 21.7 Å². The fourth-order valence-corrected chi connectivity index (χ4v) is 2.21. The Morgan fingerprint density at radius 1 is 1.65 bits per heavy atom. The van der Waals surface area contributed by atoms with Gasteiger partial charge in [0.1, 0.15) is 12.1 Å². The first-order chi connectivity index (χ1) is 8.29. The maximum Gasteiger partial charge on any atom is 0.143 e. The molecule has 1 aliphatic heterocycles. The van der Waals surface area contributed by atoms with E-state index in [9.17, 15) is 0 Å². The lowest BCUT2D eigenvalue weighted by molar-refractivity contribution is -0.0192. The standard InChI is InChI=1S/C11H17BrN4O/c1-2-16-3-4-17-9(7-16)5-14-11-10(12)6-13-8-15-11/h6,8-9H,2-5,7H2,1H3,(H,13,14,15). The number of morpholine rings is 1. The second kappa shape index (κ2) is 6.28. The molecule has 1 aromatic heterocycles. The molecular weight excluding hydrogens is 284 g/mol. The molecule has 2 heterocycles. The number of aromatic nitrogens is 2. The van der Waals surface area contributed by atoms with E-state index in [-0.39, 0.29) is 6.10 Å². The number of hydrogen-bond acceptors (Lipinski definition) is 5. The smallest absolute Gasteiger partial charge is 0.143 e. The molecular formula is C11H17BrN4O. The van der Waals surface area contributed by atoms with Crippen LogP contribution in [0.3, 0.4) is 0 Å². The van der Waals surface area contributed by atoms with E-state index < -0.39 is 0 Å². The van der Waals surface area contributed by atoms with Gasteiger partial charge in [-0.05, 0) is 22.5 Å². The van der Waals surface area contributed by atoms with Gasteiger partial charge in [0, 0.05) is 25.8 Å². The minimum Gasteiger partial charge on any atom is -0.374 e. The van der Waals surface area contributed by atoms with Crippen LogP contribution in [0.4, 0.5) is 5.82 Å². The van der Waals surface area contributed by atoms with Crippen LogP contribution in [0.15, 0.2) is 17.0 Å². The van der Waals surface area contributed by atoms with Crippen molar-refractivity contribution in [2.24, 2.45) is 0 Å². The largest absolute Gasteiger partial charge is 0.374 e. The normalized spacial score (nSPS) is 21.4. The van der Waals surface area contributed by atoms with Gasteiger partial charge in [-0.15, -0.1) is 0 Å². The highest BCUT2D eigenvalue weighted by atomic mass is 79.9. The van der Waals surface area contributed by atoms with E-state index in [0.717, 1.165) is 43.1 Å². The lowest BCUT2D eigenvalue weighted by Crippen LogP contribution is -2.45. The van der Waals surface area contributed by atoms with E-state index in [1.54, 1.807) is 6.20 Å². The Hall–Kier alpha value is -0.720. The summed E-state index contributed by atoms with van der Waals surface area (Å²) in [6.07, 6.45) is 3.49. The molecule has 0 spiro atoms. The van der Waals surface area contributed by atoms with Crippen molar-refractivity contribution in [2.75, 3.05) is 38.1 Å². The Morgan fingerprint density at radius 3 is 3.29 bits per heavy atom. The van der Waals surface area contributed by atoms with Gasteiger partial charge >= 0.3 is 0 Å². The topological polar surface area (TPSA) is 50.3 Å². The lowest BCUT2D eigenvalue weighted by Gasteiger charge is -2.32. The molecule has 1 atom stereocenters. The zero-order valence-corrected chi connectivity index (χ0v) is 11.5. The van der Waals surface area contributed by atoms with Crippen molar-refractivity contribution in [1.29, 1.82) is 0 Å². The molecule has 17 heavy (non-hydrogen) atoms. The second-order valence-electron chi connectivity index (χ2n) is 3.99. The van der Waals surface area contributed by atoms with Crippen LogP contribution in [-0.2, 0) is 4.74 Å². The summed E-state index contributed by atoms with van der Waals surface area (Å²) in [7, 11) is 0. The Bertz CT molecular complexity index is 363. The molecule has 0 radical (unpaired) electrons. The average molecular weight is 301 g/mol. The summed E-state index contributed by atoms with van der Waals surface area (Å²) in [4.78, 5) is 10.5. The van der Waals surface area contributed by atoms with E-state index in [2.05, 4.69) is 43.0 Å². The minimum absolute atomic E-state index is 0.227. The van der Waals surface area contributed by atoms with Crippen LogP contribution in [0.1, 0.15) is 6.92 Å². The summed E-state index contributed by atoms with van der Waals surface area (Å²) in [6, 6.07) is 0. The van der Waals surface area contributed by atoms with Gasteiger partial charge in [0.15, 0.2) is 0 Å². The van der Waals surface area contributed by atoms with Crippen LogP contribution in [0, 0.1) is 0 Å². The Morgan fingerprint density at radius 2 is 2.53 bits per heavy atom. The highest BCUT2D eigenvalue weighted by Gasteiger charge is 2.19. The molecule has 5 nitrogen and oxygen atoms in total. The molecule has 2 rings (SSSR count). The van der Waals surface area contributed by atoms with Crippen LogP contribution >= 0.6 is 15.9 Å². The Labute approximate surface area is 110 Å². The van der Waals surface area contributed by atoms with Gasteiger partial charge in [-0.3, -0.25) is 4.90 Å². The maximum atomic E-state index is 5.71.